The number of nitrogens with zero attached hydrogens (tertiary/aromatic N) is 3. The van der Waals surface area contributed by atoms with Crippen LogP contribution in [-0.4, -0.2) is 20.2 Å². The monoisotopic (exact) mass is 277 g/mol. The maximum Gasteiger partial charge on any atom is 0.201 e. The van der Waals surface area contributed by atoms with Crippen molar-refractivity contribution in [2.24, 2.45) is 0 Å². The summed E-state index contributed by atoms with van der Waals surface area (Å²) in [5.74, 6) is 0.688. The fourth-order valence-corrected chi connectivity index (χ4v) is 1.90. The minimum atomic E-state index is 0.570. The number of hydrogen-bond acceptors (Lipinski definition) is 5. The third-order valence-corrected chi connectivity index (χ3v) is 3.24. The Hall–Kier alpha value is -1.79. The average Bonchev–Trinajstić information content (AvgIpc) is 2.78. The van der Waals surface area contributed by atoms with Gasteiger partial charge < -0.3 is 5.32 Å². The minimum Gasteiger partial charge on any atom is -0.339 e. The summed E-state index contributed by atoms with van der Waals surface area (Å²) in [5.41, 5.74) is 2.11. The summed E-state index contributed by atoms with van der Waals surface area (Å²) < 4.78 is 0. The van der Waals surface area contributed by atoms with Gasteiger partial charge in [-0.25, -0.2) is 9.97 Å². The molecule has 18 heavy (non-hydrogen) atoms. The van der Waals surface area contributed by atoms with E-state index in [4.69, 9.17) is 11.6 Å². The lowest BCUT2D eigenvalue weighted by Gasteiger charge is -2.05. The van der Waals surface area contributed by atoms with Gasteiger partial charge in [0.1, 0.15) is 0 Å². The molecule has 3 aromatic rings. The van der Waals surface area contributed by atoms with Crippen molar-refractivity contribution in [2.45, 2.75) is 4.90 Å². The summed E-state index contributed by atoms with van der Waals surface area (Å²) in [4.78, 5) is 9.01. The molecule has 5 nitrogen and oxygen atoms in total. The molecule has 2 heterocycles. The molecular weight excluding hydrogens is 270 g/mol. The number of rotatable bonds is 2. The molecular formula is C11H8ClN5S. The first-order chi connectivity index (χ1) is 8.74. The Morgan fingerprint density at radius 2 is 2.06 bits per heavy atom. The van der Waals surface area contributed by atoms with E-state index in [-0.39, 0.29) is 0 Å². The van der Waals surface area contributed by atoms with Crippen molar-refractivity contribution in [3.05, 3.63) is 35.6 Å². The summed E-state index contributed by atoms with van der Waals surface area (Å²) >= 11 is 10.2. The first-order valence-corrected chi connectivity index (χ1v) is 5.97. The number of aromatic amines is 1. The minimum absolute atomic E-state index is 0.570. The van der Waals surface area contributed by atoms with E-state index >= 15 is 0 Å². The van der Waals surface area contributed by atoms with Gasteiger partial charge in [0.05, 0.1) is 5.02 Å². The molecule has 0 saturated heterocycles. The zero-order valence-corrected chi connectivity index (χ0v) is 10.7. The summed E-state index contributed by atoms with van der Waals surface area (Å²) in [6.45, 7) is 0. The molecule has 0 aliphatic carbocycles. The van der Waals surface area contributed by atoms with Crippen LogP contribution in [0, 0.1) is 0 Å². The lowest BCUT2D eigenvalue weighted by atomic mass is 10.3. The Morgan fingerprint density at radius 1 is 1.22 bits per heavy atom. The Kier molecular flexibility index (Phi) is 2.81. The van der Waals surface area contributed by atoms with E-state index in [0.29, 0.717) is 26.9 Å². The zero-order valence-electron chi connectivity index (χ0n) is 9.05. The highest BCUT2D eigenvalue weighted by Crippen LogP contribution is 2.26. The van der Waals surface area contributed by atoms with Gasteiger partial charge in [-0.1, -0.05) is 11.6 Å². The number of nitrogens with one attached hydrogen (secondary N) is 2. The fourth-order valence-electron chi connectivity index (χ4n) is 1.57. The molecule has 0 saturated carbocycles. The van der Waals surface area contributed by atoms with Gasteiger partial charge in [0.25, 0.3) is 0 Å². The van der Waals surface area contributed by atoms with E-state index in [1.54, 1.807) is 18.5 Å². The van der Waals surface area contributed by atoms with Gasteiger partial charge in [0.15, 0.2) is 11.3 Å². The lowest BCUT2D eigenvalue weighted by Crippen LogP contribution is -1.92. The summed E-state index contributed by atoms with van der Waals surface area (Å²) in [6.07, 6.45) is 3.22. The largest absolute Gasteiger partial charge is 0.339 e. The van der Waals surface area contributed by atoms with Gasteiger partial charge in [-0.05, 0) is 18.2 Å². The van der Waals surface area contributed by atoms with Crippen LogP contribution < -0.4 is 5.32 Å². The number of H-pyrrole nitrogens is 1. The molecule has 1 aromatic carbocycles. The van der Waals surface area contributed by atoms with Crippen LogP contribution in [0.2, 0.25) is 5.02 Å². The Morgan fingerprint density at radius 3 is 2.89 bits per heavy atom. The van der Waals surface area contributed by atoms with Crippen molar-refractivity contribution in [1.82, 2.24) is 20.2 Å². The van der Waals surface area contributed by atoms with Crippen LogP contribution >= 0.6 is 24.2 Å². The SMILES string of the molecule is Sc1cc(Nc2[nH]nc3nccnc23)ccc1Cl. The highest BCUT2D eigenvalue weighted by atomic mass is 35.5. The first kappa shape index (κ1) is 11.3. The van der Waals surface area contributed by atoms with Crippen LogP contribution in [0.3, 0.4) is 0 Å². The van der Waals surface area contributed by atoms with E-state index in [1.807, 2.05) is 12.1 Å². The van der Waals surface area contributed by atoms with E-state index in [9.17, 15) is 0 Å². The van der Waals surface area contributed by atoms with Crippen molar-refractivity contribution >= 4 is 46.9 Å². The van der Waals surface area contributed by atoms with E-state index in [2.05, 4.69) is 38.1 Å². The molecule has 0 fully saturated rings. The van der Waals surface area contributed by atoms with E-state index < -0.39 is 0 Å². The summed E-state index contributed by atoms with van der Waals surface area (Å²) in [6, 6.07) is 5.45. The molecule has 2 N–H and O–H groups in total. The topological polar surface area (TPSA) is 66.5 Å². The third kappa shape index (κ3) is 2.00. The molecule has 0 spiro atoms. The number of anilines is 2. The van der Waals surface area contributed by atoms with Crippen LogP contribution in [0.1, 0.15) is 0 Å². The second-order valence-electron chi connectivity index (χ2n) is 3.62. The molecule has 0 atom stereocenters. The van der Waals surface area contributed by atoms with Crippen molar-refractivity contribution in [2.75, 3.05) is 5.32 Å². The zero-order chi connectivity index (χ0) is 12.5. The molecule has 0 bridgehead atoms. The Bertz CT molecular complexity index is 711. The maximum absolute atomic E-state index is 5.91. The molecule has 3 rings (SSSR count). The highest BCUT2D eigenvalue weighted by molar-refractivity contribution is 7.80. The fraction of sp³-hybridized carbons (Fsp3) is 0. The van der Waals surface area contributed by atoms with Gasteiger partial charge in [0.2, 0.25) is 5.65 Å². The van der Waals surface area contributed by atoms with Crippen LogP contribution in [0.25, 0.3) is 11.2 Å². The number of fused-ring (bicyclic) bond motifs is 1. The summed E-state index contributed by atoms with van der Waals surface area (Å²) in [5, 5.41) is 10.7. The Balaban J connectivity index is 1.98. The summed E-state index contributed by atoms with van der Waals surface area (Å²) in [7, 11) is 0. The van der Waals surface area contributed by atoms with E-state index in [1.165, 1.54) is 0 Å². The van der Waals surface area contributed by atoms with Crippen molar-refractivity contribution in [3.63, 3.8) is 0 Å². The predicted molar refractivity (Wildman–Crippen MR) is 73.7 cm³/mol. The number of benzene rings is 1. The van der Waals surface area contributed by atoms with Gasteiger partial charge in [-0.15, -0.1) is 12.6 Å². The van der Waals surface area contributed by atoms with Crippen LogP contribution in [-0.2, 0) is 0 Å². The second-order valence-corrected chi connectivity index (χ2v) is 4.51. The molecule has 0 amide bonds. The number of hydrogen-bond donors (Lipinski definition) is 3. The first-order valence-electron chi connectivity index (χ1n) is 5.14. The van der Waals surface area contributed by atoms with Crippen LogP contribution in [0.4, 0.5) is 11.5 Å². The molecule has 7 heteroatoms. The average molecular weight is 278 g/mol. The molecule has 0 aliphatic rings. The second kappa shape index (κ2) is 4.47. The van der Waals surface area contributed by atoms with Gasteiger partial charge in [-0.3, -0.25) is 5.10 Å². The van der Waals surface area contributed by atoms with Gasteiger partial charge >= 0.3 is 0 Å². The standard InChI is InChI=1S/C11H8ClN5S/c12-7-2-1-6(5-8(7)18)15-11-9-10(16-17-11)14-4-3-13-9/h1-5,18H,(H2,14,15,16,17). The normalized spacial score (nSPS) is 10.8. The third-order valence-electron chi connectivity index (χ3n) is 2.40. The molecule has 90 valence electrons. The number of aromatic nitrogens is 4. The van der Waals surface area contributed by atoms with Crippen LogP contribution in [0.15, 0.2) is 35.5 Å². The number of halogens is 1. The molecule has 0 radical (unpaired) electrons. The molecule has 2 aromatic heterocycles. The van der Waals surface area contributed by atoms with Gasteiger partial charge in [0, 0.05) is 23.0 Å². The van der Waals surface area contributed by atoms with Crippen molar-refractivity contribution in [1.29, 1.82) is 0 Å². The van der Waals surface area contributed by atoms with Gasteiger partial charge in [-0.2, -0.15) is 5.10 Å². The van der Waals surface area contributed by atoms with Crippen molar-refractivity contribution in [3.8, 4) is 0 Å². The quantitative estimate of drug-likeness (QED) is 0.630. The van der Waals surface area contributed by atoms with Crippen molar-refractivity contribution < 1.29 is 0 Å². The van der Waals surface area contributed by atoms with Crippen LogP contribution in [0.5, 0.6) is 0 Å². The highest BCUT2D eigenvalue weighted by Gasteiger charge is 2.07. The molecule has 0 aliphatic heterocycles. The van der Waals surface area contributed by atoms with E-state index in [0.717, 1.165) is 5.69 Å². The predicted octanol–water partition coefficient (Wildman–Crippen LogP) is 3.04. The Labute approximate surface area is 113 Å². The number of thiol groups is 1. The maximum atomic E-state index is 5.91. The lowest BCUT2D eigenvalue weighted by molar-refractivity contribution is 1.10. The smallest absolute Gasteiger partial charge is 0.201 e. The molecule has 0 unspecified atom stereocenters.